The molecular formula is C11H20N2O2. The van der Waals surface area contributed by atoms with Crippen LogP contribution in [0.25, 0.3) is 0 Å². The lowest BCUT2D eigenvalue weighted by molar-refractivity contribution is -0.140. The Hall–Kier alpha value is -0.610. The summed E-state index contributed by atoms with van der Waals surface area (Å²) in [5.74, 6) is -0.0857. The lowest BCUT2D eigenvalue weighted by atomic mass is 10.0. The molecule has 0 aromatic heterocycles. The SMILES string of the molecule is CC(C(N)C(=O)O)N1CCC2CCCC21. The first-order valence-corrected chi connectivity index (χ1v) is 5.85. The van der Waals surface area contributed by atoms with Crippen LogP contribution in [0.5, 0.6) is 0 Å². The Balaban J connectivity index is 2.01. The molecule has 1 aliphatic carbocycles. The molecule has 1 aliphatic heterocycles. The topological polar surface area (TPSA) is 66.6 Å². The fraction of sp³-hybridized carbons (Fsp3) is 0.909. The maximum Gasteiger partial charge on any atom is 0.322 e. The molecule has 15 heavy (non-hydrogen) atoms. The molecule has 0 aromatic rings. The monoisotopic (exact) mass is 212 g/mol. The number of nitrogens with zero attached hydrogens (tertiary/aromatic N) is 1. The number of aliphatic carboxylic acids is 1. The fourth-order valence-corrected chi connectivity index (χ4v) is 3.19. The van der Waals surface area contributed by atoms with Gasteiger partial charge in [0.1, 0.15) is 6.04 Å². The van der Waals surface area contributed by atoms with E-state index in [0.717, 1.165) is 12.5 Å². The fourth-order valence-electron chi connectivity index (χ4n) is 3.19. The van der Waals surface area contributed by atoms with E-state index in [2.05, 4.69) is 4.90 Å². The summed E-state index contributed by atoms with van der Waals surface area (Å²) in [6.07, 6.45) is 5.06. The minimum Gasteiger partial charge on any atom is -0.480 e. The van der Waals surface area contributed by atoms with Crippen LogP contribution in [-0.2, 0) is 4.79 Å². The molecule has 1 saturated carbocycles. The first-order valence-electron chi connectivity index (χ1n) is 5.85. The molecule has 2 rings (SSSR count). The summed E-state index contributed by atoms with van der Waals surface area (Å²) < 4.78 is 0. The van der Waals surface area contributed by atoms with Gasteiger partial charge in [0.2, 0.25) is 0 Å². The number of likely N-dealkylation sites (tertiary alicyclic amines) is 1. The highest BCUT2D eigenvalue weighted by Gasteiger charge is 2.41. The molecule has 0 amide bonds. The number of hydrogen-bond donors (Lipinski definition) is 2. The lowest BCUT2D eigenvalue weighted by Crippen LogP contribution is -2.51. The van der Waals surface area contributed by atoms with Gasteiger partial charge >= 0.3 is 5.97 Å². The van der Waals surface area contributed by atoms with Crippen molar-refractivity contribution >= 4 is 5.97 Å². The van der Waals surface area contributed by atoms with Gasteiger partial charge < -0.3 is 10.8 Å². The summed E-state index contributed by atoms with van der Waals surface area (Å²) in [6, 6.07) is -0.176. The molecule has 4 atom stereocenters. The zero-order valence-electron chi connectivity index (χ0n) is 9.22. The van der Waals surface area contributed by atoms with Gasteiger partial charge in [0.15, 0.2) is 0 Å². The number of nitrogens with two attached hydrogens (primary N) is 1. The Bertz CT molecular complexity index is 257. The highest BCUT2D eigenvalue weighted by Crippen LogP contribution is 2.38. The number of rotatable bonds is 3. The van der Waals surface area contributed by atoms with Crippen molar-refractivity contribution in [2.24, 2.45) is 11.7 Å². The average Bonchev–Trinajstić information content (AvgIpc) is 2.75. The van der Waals surface area contributed by atoms with Gasteiger partial charge in [0.05, 0.1) is 0 Å². The van der Waals surface area contributed by atoms with Crippen LogP contribution in [0.2, 0.25) is 0 Å². The Kier molecular flexibility index (Phi) is 2.98. The van der Waals surface area contributed by atoms with Crippen LogP contribution in [0.3, 0.4) is 0 Å². The Morgan fingerprint density at radius 2 is 2.20 bits per heavy atom. The van der Waals surface area contributed by atoms with E-state index >= 15 is 0 Å². The molecule has 86 valence electrons. The summed E-state index contributed by atoms with van der Waals surface area (Å²) >= 11 is 0. The maximum absolute atomic E-state index is 10.8. The van der Waals surface area contributed by atoms with E-state index in [1.807, 2.05) is 6.92 Å². The molecule has 4 nitrogen and oxygen atoms in total. The van der Waals surface area contributed by atoms with Gasteiger partial charge in [-0.15, -0.1) is 0 Å². The highest BCUT2D eigenvalue weighted by atomic mass is 16.4. The Labute approximate surface area is 90.4 Å². The smallest absolute Gasteiger partial charge is 0.322 e. The molecule has 4 heteroatoms. The second kappa shape index (κ2) is 4.10. The van der Waals surface area contributed by atoms with Crippen molar-refractivity contribution < 1.29 is 9.90 Å². The first kappa shape index (κ1) is 10.9. The van der Waals surface area contributed by atoms with Crippen molar-refractivity contribution in [1.29, 1.82) is 0 Å². The largest absolute Gasteiger partial charge is 0.480 e. The summed E-state index contributed by atoms with van der Waals surface area (Å²) in [5.41, 5.74) is 5.68. The highest BCUT2D eigenvalue weighted by molar-refractivity contribution is 5.74. The van der Waals surface area contributed by atoms with E-state index in [9.17, 15) is 4.79 Å². The standard InChI is InChI=1S/C11H20N2O2/c1-7(10(12)11(14)15)13-6-5-8-3-2-4-9(8)13/h7-10H,2-6,12H2,1H3,(H,14,15). The molecule has 2 fully saturated rings. The second-order valence-electron chi connectivity index (χ2n) is 4.89. The van der Waals surface area contributed by atoms with Crippen LogP contribution in [-0.4, -0.2) is 40.6 Å². The normalized spacial score (nSPS) is 35.1. The van der Waals surface area contributed by atoms with Gasteiger partial charge in [0.25, 0.3) is 0 Å². The zero-order chi connectivity index (χ0) is 11.0. The predicted molar refractivity (Wildman–Crippen MR) is 57.5 cm³/mol. The number of carbonyl (C=O) groups is 1. The van der Waals surface area contributed by atoms with Crippen LogP contribution in [0.1, 0.15) is 32.6 Å². The third kappa shape index (κ3) is 1.88. The quantitative estimate of drug-likeness (QED) is 0.721. The van der Waals surface area contributed by atoms with Crippen LogP contribution in [0.4, 0.5) is 0 Å². The van der Waals surface area contributed by atoms with Gasteiger partial charge in [-0.1, -0.05) is 6.42 Å². The minimum atomic E-state index is -0.885. The number of carboxylic acid groups (broad SMARTS) is 1. The lowest BCUT2D eigenvalue weighted by Gasteiger charge is -2.32. The van der Waals surface area contributed by atoms with Crippen molar-refractivity contribution in [3.8, 4) is 0 Å². The van der Waals surface area contributed by atoms with Gasteiger partial charge in [-0.3, -0.25) is 9.69 Å². The van der Waals surface area contributed by atoms with Crippen LogP contribution in [0.15, 0.2) is 0 Å². The summed E-state index contributed by atoms with van der Waals surface area (Å²) in [7, 11) is 0. The maximum atomic E-state index is 10.8. The predicted octanol–water partition coefficient (Wildman–Crippen LogP) is 0.661. The van der Waals surface area contributed by atoms with E-state index < -0.39 is 12.0 Å². The summed E-state index contributed by atoms with van der Waals surface area (Å²) in [5, 5.41) is 8.90. The minimum absolute atomic E-state index is 0.0319. The van der Waals surface area contributed by atoms with Gasteiger partial charge in [-0.25, -0.2) is 0 Å². The van der Waals surface area contributed by atoms with E-state index in [-0.39, 0.29) is 6.04 Å². The number of fused-ring (bicyclic) bond motifs is 1. The van der Waals surface area contributed by atoms with Crippen molar-refractivity contribution in [2.75, 3.05) is 6.54 Å². The Morgan fingerprint density at radius 3 is 2.87 bits per heavy atom. The molecule has 4 unspecified atom stereocenters. The van der Waals surface area contributed by atoms with E-state index in [4.69, 9.17) is 10.8 Å². The van der Waals surface area contributed by atoms with Crippen molar-refractivity contribution in [3.63, 3.8) is 0 Å². The second-order valence-corrected chi connectivity index (χ2v) is 4.89. The van der Waals surface area contributed by atoms with Crippen molar-refractivity contribution in [3.05, 3.63) is 0 Å². The van der Waals surface area contributed by atoms with E-state index in [0.29, 0.717) is 6.04 Å². The molecule has 0 bridgehead atoms. The van der Waals surface area contributed by atoms with Gasteiger partial charge in [-0.05, 0) is 38.6 Å². The summed E-state index contributed by atoms with van der Waals surface area (Å²) in [4.78, 5) is 13.2. The third-order valence-corrected chi connectivity index (χ3v) is 4.13. The zero-order valence-corrected chi connectivity index (χ0v) is 9.22. The number of carboxylic acids is 1. The molecule has 2 aliphatic rings. The molecule has 0 spiro atoms. The van der Waals surface area contributed by atoms with Crippen LogP contribution in [0, 0.1) is 5.92 Å². The van der Waals surface area contributed by atoms with Gasteiger partial charge in [0, 0.05) is 12.1 Å². The van der Waals surface area contributed by atoms with Gasteiger partial charge in [-0.2, -0.15) is 0 Å². The molecule has 0 aromatic carbocycles. The molecule has 0 radical (unpaired) electrons. The molecule has 1 heterocycles. The summed E-state index contributed by atoms with van der Waals surface area (Å²) in [6.45, 7) is 2.97. The number of hydrogen-bond acceptors (Lipinski definition) is 3. The molecule has 3 N–H and O–H groups in total. The van der Waals surface area contributed by atoms with Crippen LogP contribution >= 0.6 is 0 Å². The Morgan fingerprint density at radius 1 is 1.47 bits per heavy atom. The first-order chi connectivity index (χ1) is 7.11. The van der Waals surface area contributed by atoms with E-state index in [1.165, 1.54) is 25.7 Å². The van der Waals surface area contributed by atoms with Crippen molar-refractivity contribution in [1.82, 2.24) is 4.90 Å². The van der Waals surface area contributed by atoms with Crippen LogP contribution < -0.4 is 5.73 Å². The molecular weight excluding hydrogens is 192 g/mol. The molecule has 1 saturated heterocycles. The van der Waals surface area contributed by atoms with E-state index in [1.54, 1.807) is 0 Å². The van der Waals surface area contributed by atoms with Crippen molar-refractivity contribution in [2.45, 2.75) is 50.7 Å². The third-order valence-electron chi connectivity index (χ3n) is 4.13. The average molecular weight is 212 g/mol.